The number of hydrogen-bond acceptors (Lipinski definition) is 4. The highest BCUT2D eigenvalue weighted by Gasteiger charge is 2.25. The lowest BCUT2D eigenvalue weighted by molar-refractivity contribution is -0.124. The van der Waals surface area contributed by atoms with Crippen LogP contribution >= 0.6 is 11.6 Å². The van der Waals surface area contributed by atoms with Gasteiger partial charge in [0.05, 0.1) is 29.4 Å². The molecule has 1 aromatic carbocycles. The van der Waals surface area contributed by atoms with Crippen LogP contribution in [0.2, 0.25) is 5.02 Å². The maximum Gasteiger partial charge on any atom is 0.255 e. The molecule has 2 heterocycles. The van der Waals surface area contributed by atoms with Gasteiger partial charge < -0.3 is 19.8 Å². The molecule has 2 aromatic heterocycles. The Morgan fingerprint density at radius 1 is 1.17 bits per heavy atom. The number of para-hydroxylation sites is 1. The van der Waals surface area contributed by atoms with Crippen LogP contribution in [-0.2, 0) is 11.3 Å². The normalized spacial score (nSPS) is 12.0. The van der Waals surface area contributed by atoms with Crippen LogP contribution < -0.4 is 15.4 Å². The highest BCUT2D eigenvalue weighted by Crippen LogP contribution is 2.18. The fraction of sp³-hybridized carbons (Fsp3) is 0.318. The first-order valence-corrected chi connectivity index (χ1v) is 10.2. The first kappa shape index (κ1) is 21.6. The molecule has 0 saturated carbocycles. The number of imidazole rings is 1. The molecule has 158 valence electrons. The molecule has 0 aliphatic carbocycles. The lowest BCUT2D eigenvalue weighted by Crippen LogP contribution is -2.49. The highest BCUT2D eigenvalue weighted by atomic mass is 35.5. The van der Waals surface area contributed by atoms with Gasteiger partial charge in [-0.1, -0.05) is 37.6 Å². The maximum atomic E-state index is 12.8. The summed E-state index contributed by atoms with van der Waals surface area (Å²) >= 11 is 5.99. The smallest absolute Gasteiger partial charge is 0.255 e. The van der Waals surface area contributed by atoms with Gasteiger partial charge in [0, 0.05) is 12.4 Å². The third-order valence-corrected chi connectivity index (χ3v) is 4.80. The molecule has 30 heavy (non-hydrogen) atoms. The van der Waals surface area contributed by atoms with E-state index in [2.05, 4.69) is 15.6 Å². The quantitative estimate of drug-likeness (QED) is 0.575. The van der Waals surface area contributed by atoms with Crippen LogP contribution in [0.4, 0.5) is 0 Å². The molecule has 3 rings (SSSR count). The van der Waals surface area contributed by atoms with Crippen LogP contribution in [0, 0.1) is 5.92 Å². The number of carbonyl (C=O) groups excluding carboxylic acids is 2. The molecule has 0 bridgehead atoms. The first-order valence-electron chi connectivity index (χ1n) is 9.82. The summed E-state index contributed by atoms with van der Waals surface area (Å²) in [4.78, 5) is 30.0. The Morgan fingerprint density at radius 2 is 1.93 bits per heavy atom. The molecule has 3 aromatic rings. The average molecular weight is 429 g/mol. The number of nitrogens with one attached hydrogen (secondary N) is 2. The second-order valence-corrected chi connectivity index (χ2v) is 7.62. The molecule has 0 spiro atoms. The van der Waals surface area contributed by atoms with Gasteiger partial charge in [0.1, 0.15) is 17.4 Å². The minimum absolute atomic E-state index is 0.104. The Hall–Kier alpha value is -3.06. The third kappa shape index (κ3) is 5.10. The summed E-state index contributed by atoms with van der Waals surface area (Å²) in [7, 11) is 0. The largest absolute Gasteiger partial charge is 0.493 e. The van der Waals surface area contributed by atoms with Gasteiger partial charge in [-0.05, 0) is 37.1 Å². The average Bonchev–Trinajstić information content (AvgIpc) is 3.12. The summed E-state index contributed by atoms with van der Waals surface area (Å²) in [6, 6.07) is 9.85. The number of hydrogen-bond donors (Lipinski definition) is 2. The fourth-order valence-corrected chi connectivity index (χ4v) is 3.25. The fourth-order valence-electron chi connectivity index (χ4n) is 3.08. The van der Waals surface area contributed by atoms with E-state index in [-0.39, 0.29) is 24.3 Å². The summed E-state index contributed by atoms with van der Waals surface area (Å²) < 4.78 is 7.32. The topological polar surface area (TPSA) is 84.7 Å². The lowest BCUT2D eigenvalue weighted by Gasteiger charge is -2.22. The molecule has 2 N–H and O–H groups in total. The second kappa shape index (κ2) is 9.63. The number of benzene rings is 1. The van der Waals surface area contributed by atoms with Crippen molar-refractivity contribution in [1.82, 2.24) is 20.0 Å². The maximum absolute atomic E-state index is 12.8. The number of halogens is 1. The van der Waals surface area contributed by atoms with Crippen LogP contribution in [0.25, 0.3) is 5.65 Å². The molecule has 1 unspecified atom stereocenters. The van der Waals surface area contributed by atoms with Crippen LogP contribution in [0.1, 0.15) is 36.8 Å². The van der Waals surface area contributed by atoms with Crippen molar-refractivity contribution < 1.29 is 14.3 Å². The van der Waals surface area contributed by atoms with E-state index in [0.29, 0.717) is 28.6 Å². The van der Waals surface area contributed by atoms with E-state index in [1.165, 1.54) is 0 Å². The van der Waals surface area contributed by atoms with Crippen LogP contribution in [0.15, 0.2) is 48.8 Å². The van der Waals surface area contributed by atoms with Crippen molar-refractivity contribution in [2.24, 2.45) is 5.92 Å². The van der Waals surface area contributed by atoms with E-state index < -0.39 is 6.04 Å². The monoisotopic (exact) mass is 428 g/mol. The van der Waals surface area contributed by atoms with Crippen LogP contribution in [0.5, 0.6) is 5.75 Å². The molecular weight excluding hydrogens is 404 g/mol. The number of pyridine rings is 1. The van der Waals surface area contributed by atoms with Gasteiger partial charge in [0.15, 0.2) is 0 Å². The van der Waals surface area contributed by atoms with Crippen molar-refractivity contribution in [1.29, 1.82) is 0 Å². The van der Waals surface area contributed by atoms with Crippen molar-refractivity contribution >= 4 is 29.1 Å². The Bertz CT molecular complexity index is 1050. The van der Waals surface area contributed by atoms with Gasteiger partial charge in [0.2, 0.25) is 5.91 Å². The molecule has 0 fully saturated rings. The van der Waals surface area contributed by atoms with E-state index in [4.69, 9.17) is 16.3 Å². The van der Waals surface area contributed by atoms with E-state index in [1.54, 1.807) is 47.0 Å². The number of carbonyl (C=O) groups is 2. The van der Waals surface area contributed by atoms with Crippen molar-refractivity contribution in [2.45, 2.75) is 33.4 Å². The van der Waals surface area contributed by atoms with Crippen LogP contribution in [-0.4, -0.2) is 33.8 Å². The zero-order valence-corrected chi connectivity index (χ0v) is 17.9. The highest BCUT2D eigenvalue weighted by molar-refractivity contribution is 6.30. The van der Waals surface area contributed by atoms with Crippen molar-refractivity contribution in [2.75, 3.05) is 6.61 Å². The molecule has 0 saturated heterocycles. The number of nitrogens with zero attached hydrogens (tertiary/aromatic N) is 2. The Kier molecular flexibility index (Phi) is 6.95. The summed E-state index contributed by atoms with van der Waals surface area (Å²) in [6.45, 7) is 6.31. The Labute approximate surface area is 180 Å². The molecule has 2 amide bonds. The number of amides is 2. The molecule has 7 nitrogen and oxygen atoms in total. The molecule has 0 aliphatic heterocycles. The number of rotatable bonds is 8. The van der Waals surface area contributed by atoms with Gasteiger partial charge in [-0.15, -0.1) is 0 Å². The SMILES string of the molecule is CCOc1ccccc1C(=O)NC(C(=O)NCc1cn2cc(Cl)ccc2n1)C(C)C. The number of ether oxygens (including phenoxy) is 1. The summed E-state index contributed by atoms with van der Waals surface area (Å²) in [5.41, 5.74) is 1.83. The van der Waals surface area contributed by atoms with E-state index >= 15 is 0 Å². The second-order valence-electron chi connectivity index (χ2n) is 7.19. The van der Waals surface area contributed by atoms with Crippen LogP contribution in [0.3, 0.4) is 0 Å². The Morgan fingerprint density at radius 3 is 2.67 bits per heavy atom. The van der Waals surface area contributed by atoms with Gasteiger partial charge >= 0.3 is 0 Å². The van der Waals surface area contributed by atoms with Crippen molar-refractivity contribution in [3.8, 4) is 5.75 Å². The van der Waals surface area contributed by atoms with E-state index in [1.807, 2.05) is 27.0 Å². The summed E-state index contributed by atoms with van der Waals surface area (Å²) in [5, 5.41) is 6.29. The molecule has 8 heteroatoms. The minimum Gasteiger partial charge on any atom is -0.493 e. The Balaban J connectivity index is 1.67. The molecule has 1 atom stereocenters. The predicted octanol–water partition coefficient (Wildman–Crippen LogP) is 3.46. The summed E-state index contributed by atoms with van der Waals surface area (Å²) in [6.07, 6.45) is 3.56. The third-order valence-electron chi connectivity index (χ3n) is 4.58. The van der Waals surface area contributed by atoms with Crippen molar-refractivity contribution in [3.05, 3.63) is 65.1 Å². The summed E-state index contributed by atoms with van der Waals surface area (Å²) in [5.74, 6) is -0.241. The number of fused-ring (bicyclic) bond motifs is 1. The molecule has 0 aliphatic rings. The van der Waals surface area contributed by atoms with E-state index in [9.17, 15) is 9.59 Å². The zero-order valence-electron chi connectivity index (χ0n) is 17.2. The van der Waals surface area contributed by atoms with Gasteiger partial charge in [-0.25, -0.2) is 4.98 Å². The van der Waals surface area contributed by atoms with Gasteiger partial charge in [-0.2, -0.15) is 0 Å². The van der Waals surface area contributed by atoms with Crippen molar-refractivity contribution in [3.63, 3.8) is 0 Å². The minimum atomic E-state index is -0.696. The lowest BCUT2D eigenvalue weighted by atomic mass is 10.0. The zero-order chi connectivity index (χ0) is 21.7. The van der Waals surface area contributed by atoms with E-state index in [0.717, 1.165) is 5.65 Å². The van der Waals surface area contributed by atoms with Gasteiger partial charge in [-0.3, -0.25) is 9.59 Å². The standard InChI is InChI=1S/C22H25ClN4O3/c1-4-30-18-8-6-5-7-17(18)21(28)26-20(14(2)3)22(29)24-11-16-13-27-12-15(23)9-10-19(27)25-16/h5-10,12-14,20H,4,11H2,1-3H3,(H,24,29)(H,26,28). The predicted molar refractivity (Wildman–Crippen MR) is 116 cm³/mol. The molecular formula is C22H25ClN4O3. The van der Waals surface area contributed by atoms with Gasteiger partial charge in [0.25, 0.3) is 5.91 Å². The molecule has 0 radical (unpaired) electrons. The first-order chi connectivity index (χ1) is 14.4. The number of aromatic nitrogens is 2.